The van der Waals surface area contributed by atoms with Crippen LogP contribution in [0.2, 0.25) is 0 Å². The van der Waals surface area contributed by atoms with E-state index in [1.165, 1.54) is 0 Å². The number of rotatable bonds is 6. The Morgan fingerprint density at radius 2 is 1.65 bits per heavy atom. The molecule has 2 aromatic carbocycles. The molecule has 4 nitrogen and oxygen atoms in total. The van der Waals surface area contributed by atoms with Gasteiger partial charge >= 0.3 is 0 Å². The van der Waals surface area contributed by atoms with Gasteiger partial charge in [0.1, 0.15) is 5.75 Å². The minimum Gasteiger partial charge on any atom is -0.497 e. The van der Waals surface area contributed by atoms with Gasteiger partial charge in [0.05, 0.1) is 18.8 Å². The fourth-order valence-electron chi connectivity index (χ4n) is 3.69. The third-order valence-electron chi connectivity index (χ3n) is 5.66. The molecule has 4 heteroatoms. The van der Waals surface area contributed by atoms with Crippen LogP contribution in [-0.2, 0) is 5.60 Å². The smallest absolute Gasteiger partial charge is 0.118 e. The van der Waals surface area contributed by atoms with E-state index in [0.29, 0.717) is 19.4 Å². The van der Waals surface area contributed by atoms with Crippen molar-refractivity contribution in [3.8, 4) is 5.75 Å². The molecular formula is C22H29NO3. The van der Waals surface area contributed by atoms with Gasteiger partial charge < -0.3 is 19.8 Å². The number of nitrogens with zero attached hydrogens (tertiary/aromatic N) is 1. The van der Waals surface area contributed by atoms with Crippen molar-refractivity contribution in [2.24, 2.45) is 0 Å². The summed E-state index contributed by atoms with van der Waals surface area (Å²) in [5, 5.41) is 21.6. The first kappa shape index (κ1) is 18.9. The van der Waals surface area contributed by atoms with E-state index < -0.39 is 11.7 Å². The van der Waals surface area contributed by atoms with Gasteiger partial charge in [-0.2, -0.15) is 0 Å². The Bertz CT molecular complexity index is 678. The lowest BCUT2D eigenvalue weighted by Gasteiger charge is -2.39. The minimum absolute atomic E-state index is 0.0517. The second kappa shape index (κ2) is 8.21. The summed E-state index contributed by atoms with van der Waals surface area (Å²) >= 11 is 0. The predicted molar refractivity (Wildman–Crippen MR) is 103 cm³/mol. The van der Waals surface area contributed by atoms with Gasteiger partial charge in [0.2, 0.25) is 0 Å². The average Bonchev–Trinajstić information content (AvgIpc) is 2.70. The minimum atomic E-state index is -0.746. The van der Waals surface area contributed by atoms with E-state index >= 15 is 0 Å². The molecule has 0 amide bonds. The highest BCUT2D eigenvalue weighted by Gasteiger charge is 2.34. The van der Waals surface area contributed by atoms with Gasteiger partial charge in [-0.1, -0.05) is 49.4 Å². The molecule has 0 saturated carbocycles. The van der Waals surface area contributed by atoms with Crippen LogP contribution in [0.1, 0.15) is 36.8 Å². The second-order valence-electron chi connectivity index (χ2n) is 7.33. The standard InChI is InChI=1S/C22H29NO3/c1-17(18-8-10-20(26-2)11-9-18)21(24)16-23-14-12-22(25,13-15-23)19-6-4-3-5-7-19/h3-11,17,21,24-25H,12-16H2,1-2H3. The first-order chi connectivity index (χ1) is 12.5. The van der Waals surface area contributed by atoms with Crippen molar-refractivity contribution in [3.63, 3.8) is 0 Å². The molecule has 3 rings (SSSR count). The molecule has 2 unspecified atom stereocenters. The van der Waals surface area contributed by atoms with E-state index in [1.807, 2.05) is 54.6 Å². The van der Waals surface area contributed by atoms with Crippen LogP contribution in [0.15, 0.2) is 54.6 Å². The maximum Gasteiger partial charge on any atom is 0.118 e. The lowest BCUT2D eigenvalue weighted by Crippen LogP contribution is -2.45. The van der Waals surface area contributed by atoms with Crippen molar-refractivity contribution in [2.45, 2.75) is 37.4 Å². The molecule has 1 heterocycles. The average molecular weight is 355 g/mol. The normalized spacial score (nSPS) is 19.7. The summed E-state index contributed by atoms with van der Waals surface area (Å²) in [6, 6.07) is 17.8. The molecule has 2 N–H and O–H groups in total. The van der Waals surface area contributed by atoms with Crippen LogP contribution < -0.4 is 4.74 Å². The van der Waals surface area contributed by atoms with E-state index in [1.54, 1.807) is 7.11 Å². The van der Waals surface area contributed by atoms with Gasteiger partial charge in [-0.3, -0.25) is 0 Å². The topological polar surface area (TPSA) is 52.9 Å². The summed E-state index contributed by atoms with van der Waals surface area (Å²) < 4.78 is 5.19. The first-order valence-electron chi connectivity index (χ1n) is 9.34. The van der Waals surface area contributed by atoms with Crippen LogP contribution in [0.3, 0.4) is 0 Å². The summed E-state index contributed by atoms with van der Waals surface area (Å²) in [6.45, 7) is 4.25. The molecule has 0 radical (unpaired) electrons. The van der Waals surface area contributed by atoms with E-state index in [4.69, 9.17) is 4.74 Å². The van der Waals surface area contributed by atoms with Crippen LogP contribution in [0.25, 0.3) is 0 Å². The van der Waals surface area contributed by atoms with Crippen LogP contribution in [0.4, 0.5) is 0 Å². The summed E-state index contributed by atoms with van der Waals surface area (Å²) in [5.74, 6) is 0.877. The molecule has 26 heavy (non-hydrogen) atoms. The highest BCUT2D eigenvalue weighted by atomic mass is 16.5. The number of benzene rings is 2. The second-order valence-corrected chi connectivity index (χ2v) is 7.33. The highest BCUT2D eigenvalue weighted by Crippen LogP contribution is 2.33. The van der Waals surface area contributed by atoms with E-state index in [9.17, 15) is 10.2 Å². The molecule has 1 fully saturated rings. The number of methoxy groups -OCH3 is 1. The third-order valence-corrected chi connectivity index (χ3v) is 5.66. The number of hydrogen-bond donors (Lipinski definition) is 2. The summed E-state index contributed by atoms with van der Waals surface area (Å²) in [6.07, 6.45) is 0.952. The Kier molecular flexibility index (Phi) is 5.97. The zero-order chi connectivity index (χ0) is 18.6. The highest BCUT2D eigenvalue weighted by molar-refractivity contribution is 5.29. The van der Waals surface area contributed by atoms with Gasteiger partial charge in [0, 0.05) is 25.6 Å². The number of aliphatic hydroxyl groups excluding tert-OH is 1. The van der Waals surface area contributed by atoms with Gasteiger partial charge in [0.25, 0.3) is 0 Å². The molecule has 0 bridgehead atoms. The van der Waals surface area contributed by atoms with E-state index in [0.717, 1.165) is 30.0 Å². The molecule has 1 saturated heterocycles. The Morgan fingerprint density at radius 1 is 1.04 bits per heavy atom. The van der Waals surface area contributed by atoms with Crippen molar-refractivity contribution >= 4 is 0 Å². The van der Waals surface area contributed by atoms with Crippen LogP contribution in [-0.4, -0.2) is 48.0 Å². The Balaban J connectivity index is 1.55. The Morgan fingerprint density at radius 3 is 2.23 bits per heavy atom. The van der Waals surface area contributed by atoms with Gasteiger partial charge in [-0.15, -0.1) is 0 Å². The molecule has 2 atom stereocenters. The van der Waals surface area contributed by atoms with Crippen LogP contribution in [0, 0.1) is 0 Å². The van der Waals surface area contributed by atoms with E-state index in [2.05, 4.69) is 11.8 Å². The number of ether oxygens (including phenoxy) is 1. The number of aliphatic hydroxyl groups is 2. The van der Waals surface area contributed by atoms with Gasteiger partial charge in [0.15, 0.2) is 0 Å². The number of hydrogen-bond acceptors (Lipinski definition) is 4. The van der Waals surface area contributed by atoms with Crippen molar-refractivity contribution in [1.29, 1.82) is 0 Å². The Hall–Kier alpha value is -1.88. The van der Waals surface area contributed by atoms with E-state index in [-0.39, 0.29) is 5.92 Å². The molecule has 0 aromatic heterocycles. The molecule has 2 aromatic rings. The maximum atomic E-state index is 10.9. The molecule has 0 spiro atoms. The summed E-state index contributed by atoms with van der Waals surface area (Å²) in [4.78, 5) is 2.25. The third kappa shape index (κ3) is 4.26. The van der Waals surface area contributed by atoms with Crippen LogP contribution in [0.5, 0.6) is 5.75 Å². The van der Waals surface area contributed by atoms with Crippen molar-refractivity contribution in [1.82, 2.24) is 4.90 Å². The Labute approximate surface area is 156 Å². The maximum absolute atomic E-state index is 10.9. The van der Waals surface area contributed by atoms with Gasteiger partial charge in [-0.05, 0) is 36.1 Å². The molecule has 140 valence electrons. The summed E-state index contributed by atoms with van der Waals surface area (Å²) in [5.41, 5.74) is 1.35. The quantitative estimate of drug-likeness (QED) is 0.836. The lowest BCUT2D eigenvalue weighted by molar-refractivity contribution is -0.0357. The monoisotopic (exact) mass is 355 g/mol. The molecular weight excluding hydrogens is 326 g/mol. The van der Waals surface area contributed by atoms with Crippen molar-refractivity contribution in [3.05, 3.63) is 65.7 Å². The fraction of sp³-hybridized carbons (Fsp3) is 0.455. The largest absolute Gasteiger partial charge is 0.497 e. The van der Waals surface area contributed by atoms with Crippen molar-refractivity contribution in [2.75, 3.05) is 26.7 Å². The number of likely N-dealkylation sites (tertiary alicyclic amines) is 1. The molecule has 1 aliphatic heterocycles. The predicted octanol–water partition coefficient (Wildman–Crippen LogP) is 3.14. The first-order valence-corrected chi connectivity index (χ1v) is 9.34. The number of β-amino-alcohol motifs (C(OH)–C–C–N with tert-alkyl or cyclic N) is 1. The van der Waals surface area contributed by atoms with Gasteiger partial charge in [-0.25, -0.2) is 0 Å². The summed E-state index contributed by atoms with van der Waals surface area (Å²) in [7, 11) is 1.65. The van der Waals surface area contributed by atoms with Crippen LogP contribution >= 0.6 is 0 Å². The zero-order valence-electron chi connectivity index (χ0n) is 15.6. The lowest BCUT2D eigenvalue weighted by atomic mass is 9.84. The number of piperidine rings is 1. The molecule has 1 aliphatic rings. The van der Waals surface area contributed by atoms with Crippen molar-refractivity contribution < 1.29 is 14.9 Å². The molecule has 0 aliphatic carbocycles. The fourth-order valence-corrected chi connectivity index (χ4v) is 3.69. The zero-order valence-corrected chi connectivity index (χ0v) is 15.6. The SMILES string of the molecule is COc1ccc(C(C)C(O)CN2CCC(O)(c3ccccc3)CC2)cc1.